The summed E-state index contributed by atoms with van der Waals surface area (Å²) in [6.45, 7) is -1.04. The molecule has 0 spiro atoms. The molecule has 0 aromatic heterocycles. The second-order valence-electron chi connectivity index (χ2n) is 4.31. The molecule has 6 heteroatoms. The lowest BCUT2D eigenvalue weighted by molar-refractivity contribution is -0.174. The molecule has 0 aliphatic rings. The zero-order valence-electron chi connectivity index (χ0n) is 10.2. The molecule has 0 fully saturated rings. The molecule has 19 heavy (non-hydrogen) atoms. The molecule has 0 saturated carbocycles. The van der Waals surface area contributed by atoms with Gasteiger partial charge in [-0.3, -0.25) is 0 Å². The molecule has 108 valence electrons. The number of benzene rings is 1. The predicted octanol–water partition coefficient (Wildman–Crippen LogP) is 4.97. The van der Waals surface area contributed by atoms with Crippen molar-refractivity contribution in [1.29, 1.82) is 0 Å². The van der Waals surface area contributed by atoms with Gasteiger partial charge in [-0.2, -0.15) is 13.2 Å². The van der Waals surface area contributed by atoms with Gasteiger partial charge in [0.15, 0.2) is 0 Å². The van der Waals surface area contributed by atoms with Crippen molar-refractivity contribution in [3.63, 3.8) is 0 Å². The van der Waals surface area contributed by atoms with E-state index in [2.05, 4.69) is 36.6 Å². The summed E-state index contributed by atoms with van der Waals surface area (Å²) in [6.07, 6.45) is -2.82. The molecule has 0 amide bonds. The Morgan fingerprint density at radius 3 is 2.58 bits per heavy atom. The third-order valence-corrected chi connectivity index (χ3v) is 3.98. The minimum Gasteiger partial charge on any atom is -0.372 e. The van der Waals surface area contributed by atoms with Crippen LogP contribution in [-0.2, 0) is 11.2 Å². The van der Waals surface area contributed by atoms with E-state index >= 15 is 0 Å². The lowest BCUT2D eigenvalue weighted by Crippen LogP contribution is -2.19. The van der Waals surface area contributed by atoms with Crippen LogP contribution in [0.4, 0.5) is 13.2 Å². The second-order valence-corrected chi connectivity index (χ2v) is 5.87. The summed E-state index contributed by atoms with van der Waals surface area (Å²) in [6, 6.07) is 7.92. The summed E-state index contributed by atoms with van der Waals surface area (Å²) < 4.78 is 41.4. The van der Waals surface area contributed by atoms with E-state index in [4.69, 9.17) is 0 Å². The topological polar surface area (TPSA) is 9.23 Å². The number of hydrogen-bond acceptors (Lipinski definition) is 1. The highest BCUT2D eigenvalue weighted by Gasteiger charge is 2.27. The molecule has 1 aromatic rings. The highest BCUT2D eigenvalue weighted by Crippen LogP contribution is 2.19. The van der Waals surface area contributed by atoms with Crippen molar-refractivity contribution in [2.75, 3.05) is 18.5 Å². The van der Waals surface area contributed by atoms with Crippen LogP contribution in [0, 0.1) is 5.92 Å². The Labute approximate surface area is 127 Å². The minimum atomic E-state index is -4.24. The zero-order valence-corrected chi connectivity index (χ0v) is 13.4. The molecule has 0 aliphatic carbocycles. The van der Waals surface area contributed by atoms with Crippen LogP contribution in [0.5, 0.6) is 0 Å². The third kappa shape index (κ3) is 7.95. The average Bonchev–Trinajstić information content (AvgIpc) is 2.32. The Bertz CT molecular complexity index is 382. The van der Waals surface area contributed by atoms with Crippen molar-refractivity contribution in [2.45, 2.75) is 19.0 Å². The van der Waals surface area contributed by atoms with Crippen LogP contribution in [-0.4, -0.2) is 24.7 Å². The first-order valence-corrected chi connectivity index (χ1v) is 7.77. The SMILES string of the molecule is FC(F)(F)COCCC(CBr)Cc1cccc(Br)c1. The Hall–Kier alpha value is -0.0700. The van der Waals surface area contributed by atoms with E-state index in [-0.39, 0.29) is 12.5 Å². The van der Waals surface area contributed by atoms with Crippen molar-refractivity contribution in [3.05, 3.63) is 34.3 Å². The van der Waals surface area contributed by atoms with Gasteiger partial charge in [-0.05, 0) is 36.5 Å². The summed E-state index contributed by atoms with van der Waals surface area (Å²) in [5.41, 5.74) is 1.16. The predicted molar refractivity (Wildman–Crippen MR) is 76.6 cm³/mol. The van der Waals surface area contributed by atoms with Gasteiger partial charge in [0, 0.05) is 16.4 Å². The first-order valence-electron chi connectivity index (χ1n) is 5.85. The Morgan fingerprint density at radius 1 is 1.26 bits per heavy atom. The summed E-state index contributed by atoms with van der Waals surface area (Å²) in [7, 11) is 0. The smallest absolute Gasteiger partial charge is 0.372 e. The molecule has 0 aliphatic heterocycles. The van der Waals surface area contributed by atoms with E-state index in [1.807, 2.05) is 24.3 Å². The van der Waals surface area contributed by atoms with Crippen LogP contribution in [0.2, 0.25) is 0 Å². The third-order valence-electron chi connectivity index (χ3n) is 2.57. The summed E-state index contributed by atoms with van der Waals surface area (Å²) in [5, 5.41) is 0.745. The van der Waals surface area contributed by atoms with E-state index in [0.717, 1.165) is 21.8 Å². The molecule has 0 N–H and O–H groups in total. The molecular weight excluding hydrogens is 389 g/mol. The van der Waals surface area contributed by atoms with Crippen molar-refractivity contribution >= 4 is 31.9 Å². The zero-order chi connectivity index (χ0) is 14.3. The Balaban J connectivity index is 2.34. The van der Waals surface area contributed by atoms with E-state index in [0.29, 0.717) is 6.42 Å². The Morgan fingerprint density at radius 2 is 2.00 bits per heavy atom. The highest BCUT2D eigenvalue weighted by atomic mass is 79.9. The van der Waals surface area contributed by atoms with Crippen molar-refractivity contribution in [3.8, 4) is 0 Å². The number of rotatable bonds is 7. The van der Waals surface area contributed by atoms with Gasteiger partial charge < -0.3 is 4.74 Å². The molecule has 1 rings (SSSR count). The summed E-state index contributed by atoms with van der Waals surface area (Å²) in [4.78, 5) is 0. The maximum Gasteiger partial charge on any atom is 0.411 e. The molecule has 1 atom stereocenters. The molecule has 0 radical (unpaired) electrons. The van der Waals surface area contributed by atoms with E-state index in [1.165, 1.54) is 0 Å². The number of alkyl halides is 4. The number of halogens is 5. The molecule has 1 unspecified atom stereocenters. The van der Waals surface area contributed by atoms with Crippen LogP contribution >= 0.6 is 31.9 Å². The van der Waals surface area contributed by atoms with Gasteiger partial charge >= 0.3 is 6.18 Å². The van der Waals surface area contributed by atoms with Gasteiger partial charge in [0.25, 0.3) is 0 Å². The van der Waals surface area contributed by atoms with Gasteiger partial charge in [-0.25, -0.2) is 0 Å². The fraction of sp³-hybridized carbons (Fsp3) is 0.538. The van der Waals surface area contributed by atoms with Crippen molar-refractivity contribution in [2.24, 2.45) is 5.92 Å². The highest BCUT2D eigenvalue weighted by molar-refractivity contribution is 9.10. The first-order chi connectivity index (χ1) is 8.90. The maximum absolute atomic E-state index is 11.9. The fourth-order valence-corrected chi connectivity index (χ4v) is 2.67. The van der Waals surface area contributed by atoms with Crippen molar-refractivity contribution < 1.29 is 17.9 Å². The van der Waals surface area contributed by atoms with Crippen LogP contribution in [0.3, 0.4) is 0 Å². The van der Waals surface area contributed by atoms with E-state index < -0.39 is 12.8 Å². The van der Waals surface area contributed by atoms with Gasteiger partial charge in [0.2, 0.25) is 0 Å². The lowest BCUT2D eigenvalue weighted by Gasteiger charge is -2.15. The standard InChI is InChI=1S/C13H15Br2F3O/c14-8-11(4-5-19-9-13(16,17)18)6-10-2-1-3-12(15)7-10/h1-3,7,11H,4-6,8-9H2. The maximum atomic E-state index is 11.9. The van der Waals surface area contributed by atoms with Gasteiger partial charge in [0.05, 0.1) is 0 Å². The number of ether oxygens (including phenoxy) is 1. The molecule has 1 nitrogen and oxygen atoms in total. The lowest BCUT2D eigenvalue weighted by atomic mass is 9.98. The molecule has 0 bridgehead atoms. The first kappa shape index (κ1) is 17.0. The number of hydrogen-bond donors (Lipinski definition) is 0. The monoisotopic (exact) mass is 402 g/mol. The average molecular weight is 404 g/mol. The van der Waals surface area contributed by atoms with Crippen LogP contribution in [0.1, 0.15) is 12.0 Å². The van der Waals surface area contributed by atoms with Crippen LogP contribution < -0.4 is 0 Å². The fourth-order valence-electron chi connectivity index (χ4n) is 1.67. The molecule has 1 aromatic carbocycles. The summed E-state index contributed by atoms with van der Waals surface area (Å²) >= 11 is 6.79. The molecular formula is C13H15Br2F3O. The molecule has 0 heterocycles. The van der Waals surface area contributed by atoms with Gasteiger partial charge in [-0.1, -0.05) is 44.0 Å². The molecule has 0 saturated heterocycles. The van der Waals surface area contributed by atoms with E-state index in [1.54, 1.807) is 0 Å². The minimum absolute atomic E-state index is 0.129. The van der Waals surface area contributed by atoms with Crippen LogP contribution in [0.25, 0.3) is 0 Å². The van der Waals surface area contributed by atoms with Crippen LogP contribution in [0.15, 0.2) is 28.7 Å². The second kappa shape index (κ2) is 8.27. The van der Waals surface area contributed by atoms with Gasteiger partial charge in [0.1, 0.15) is 6.61 Å². The largest absolute Gasteiger partial charge is 0.411 e. The van der Waals surface area contributed by atoms with Gasteiger partial charge in [-0.15, -0.1) is 0 Å². The van der Waals surface area contributed by atoms with Crippen molar-refractivity contribution in [1.82, 2.24) is 0 Å². The van der Waals surface area contributed by atoms with E-state index in [9.17, 15) is 13.2 Å². The Kier molecular flexibility index (Phi) is 7.39. The normalized spacial score (nSPS) is 13.5. The summed E-state index contributed by atoms with van der Waals surface area (Å²) in [5.74, 6) is 0.266. The quantitative estimate of drug-likeness (QED) is 0.461.